The van der Waals surface area contributed by atoms with Gasteiger partial charge in [0.1, 0.15) is 18.6 Å². The minimum atomic E-state index is -1.47. The van der Waals surface area contributed by atoms with Crippen molar-refractivity contribution in [3.05, 3.63) is 0 Å². The molecule has 166 valence electrons. The molecule has 29 heavy (non-hydrogen) atoms. The van der Waals surface area contributed by atoms with Crippen LogP contribution in [0.25, 0.3) is 0 Å². The average molecular weight is 417 g/mol. The van der Waals surface area contributed by atoms with Crippen LogP contribution in [0.5, 0.6) is 0 Å². The predicted molar refractivity (Wildman–Crippen MR) is 102 cm³/mol. The fraction of sp³-hybridized carbons (Fsp3) is 0.706. The van der Waals surface area contributed by atoms with E-state index >= 15 is 0 Å². The Bertz CT molecular complexity index is 611. The molecule has 12 nitrogen and oxygen atoms in total. The van der Waals surface area contributed by atoms with Crippen molar-refractivity contribution in [3.8, 4) is 0 Å². The van der Waals surface area contributed by atoms with Crippen LogP contribution in [0.4, 0.5) is 0 Å². The second-order valence-corrected chi connectivity index (χ2v) is 6.82. The maximum atomic E-state index is 12.6. The molecule has 0 aromatic heterocycles. The molecular formula is C17H31N5O7. The van der Waals surface area contributed by atoms with E-state index in [1.165, 1.54) is 6.92 Å². The summed E-state index contributed by atoms with van der Waals surface area (Å²) in [5, 5.41) is 25.1. The molecule has 0 aromatic rings. The molecule has 4 amide bonds. The van der Waals surface area contributed by atoms with Crippen LogP contribution in [0.2, 0.25) is 0 Å². The topological polar surface area (TPSA) is 214 Å². The van der Waals surface area contributed by atoms with Crippen LogP contribution in [0.15, 0.2) is 0 Å². The number of aliphatic carboxylic acids is 1. The lowest BCUT2D eigenvalue weighted by Crippen LogP contribution is -2.59. The van der Waals surface area contributed by atoms with Crippen LogP contribution < -0.4 is 27.4 Å². The first-order valence-corrected chi connectivity index (χ1v) is 9.22. The Balaban J connectivity index is 5.29. The van der Waals surface area contributed by atoms with E-state index in [0.717, 1.165) is 0 Å². The number of aliphatic hydroxyl groups excluding tert-OH is 1. The van der Waals surface area contributed by atoms with E-state index < -0.39 is 60.4 Å². The molecule has 0 radical (unpaired) electrons. The number of carbonyl (C=O) groups excluding carboxylic acids is 4. The van der Waals surface area contributed by atoms with Crippen molar-refractivity contribution in [1.29, 1.82) is 0 Å². The Labute approximate surface area is 168 Å². The second-order valence-electron chi connectivity index (χ2n) is 6.82. The summed E-state index contributed by atoms with van der Waals surface area (Å²) in [5.41, 5.74) is 10.9. The minimum Gasteiger partial charge on any atom is -0.480 e. The summed E-state index contributed by atoms with van der Waals surface area (Å²) in [6.45, 7) is 4.13. The SMILES string of the molecule is CCC(C)C(N)C(=O)NC(CCC(N)=O)C(=O)NC(C(=O)NCC(=O)O)C(C)O. The first kappa shape index (κ1) is 26.3. The highest BCUT2D eigenvalue weighted by atomic mass is 16.4. The highest BCUT2D eigenvalue weighted by Crippen LogP contribution is 2.07. The van der Waals surface area contributed by atoms with Gasteiger partial charge in [0.25, 0.3) is 0 Å². The number of carbonyl (C=O) groups is 5. The number of nitrogens with two attached hydrogens (primary N) is 2. The average Bonchev–Trinajstić information content (AvgIpc) is 2.64. The molecule has 0 saturated heterocycles. The van der Waals surface area contributed by atoms with E-state index in [1.807, 2.05) is 12.2 Å². The van der Waals surface area contributed by atoms with E-state index in [-0.39, 0.29) is 18.8 Å². The molecule has 9 N–H and O–H groups in total. The maximum absolute atomic E-state index is 12.6. The van der Waals surface area contributed by atoms with E-state index in [0.29, 0.717) is 6.42 Å². The molecule has 0 aliphatic rings. The Morgan fingerprint density at radius 2 is 1.59 bits per heavy atom. The lowest BCUT2D eigenvalue weighted by molar-refractivity contribution is -0.139. The van der Waals surface area contributed by atoms with Gasteiger partial charge in [-0.25, -0.2) is 0 Å². The largest absolute Gasteiger partial charge is 0.480 e. The fourth-order valence-electron chi connectivity index (χ4n) is 2.27. The highest BCUT2D eigenvalue weighted by Gasteiger charge is 2.31. The van der Waals surface area contributed by atoms with Crippen molar-refractivity contribution in [2.24, 2.45) is 17.4 Å². The van der Waals surface area contributed by atoms with E-state index in [1.54, 1.807) is 6.92 Å². The Hall–Kier alpha value is -2.73. The Morgan fingerprint density at radius 3 is 2.03 bits per heavy atom. The van der Waals surface area contributed by atoms with Gasteiger partial charge in [0, 0.05) is 6.42 Å². The monoisotopic (exact) mass is 417 g/mol. The van der Waals surface area contributed by atoms with Crippen molar-refractivity contribution in [2.45, 2.75) is 64.3 Å². The number of hydrogen-bond donors (Lipinski definition) is 7. The van der Waals surface area contributed by atoms with Crippen molar-refractivity contribution >= 4 is 29.6 Å². The molecule has 0 rings (SSSR count). The molecule has 12 heteroatoms. The van der Waals surface area contributed by atoms with Crippen LogP contribution in [-0.4, -0.2) is 70.6 Å². The van der Waals surface area contributed by atoms with Gasteiger partial charge in [-0.3, -0.25) is 24.0 Å². The van der Waals surface area contributed by atoms with E-state index in [9.17, 15) is 29.1 Å². The summed E-state index contributed by atoms with van der Waals surface area (Å²) in [6, 6.07) is -3.60. The van der Waals surface area contributed by atoms with Crippen molar-refractivity contribution in [1.82, 2.24) is 16.0 Å². The molecule has 0 saturated carbocycles. The van der Waals surface area contributed by atoms with Crippen molar-refractivity contribution < 1.29 is 34.2 Å². The van der Waals surface area contributed by atoms with Gasteiger partial charge in [0.2, 0.25) is 23.6 Å². The summed E-state index contributed by atoms with van der Waals surface area (Å²) < 4.78 is 0. The molecule has 0 aromatic carbocycles. The van der Waals surface area contributed by atoms with Gasteiger partial charge in [0.05, 0.1) is 12.1 Å². The molecule has 5 unspecified atom stereocenters. The third-order valence-electron chi connectivity index (χ3n) is 4.35. The van der Waals surface area contributed by atoms with Gasteiger partial charge in [-0.15, -0.1) is 0 Å². The zero-order chi connectivity index (χ0) is 22.7. The second kappa shape index (κ2) is 12.7. The van der Waals surface area contributed by atoms with Crippen molar-refractivity contribution in [2.75, 3.05) is 6.54 Å². The molecule has 0 spiro atoms. The molecule has 0 heterocycles. The zero-order valence-electron chi connectivity index (χ0n) is 16.8. The maximum Gasteiger partial charge on any atom is 0.322 e. The molecular weight excluding hydrogens is 386 g/mol. The third kappa shape index (κ3) is 9.85. The zero-order valence-corrected chi connectivity index (χ0v) is 16.8. The van der Waals surface area contributed by atoms with Crippen molar-refractivity contribution in [3.63, 3.8) is 0 Å². The number of nitrogens with one attached hydrogen (secondary N) is 3. The lowest BCUT2D eigenvalue weighted by atomic mass is 9.98. The lowest BCUT2D eigenvalue weighted by Gasteiger charge is -2.26. The summed E-state index contributed by atoms with van der Waals surface area (Å²) in [7, 11) is 0. The number of carboxylic acids is 1. The first-order valence-electron chi connectivity index (χ1n) is 9.22. The standard InChI is InChI=1S/C17H31N5O7/c1-4-8(2)13(19)16(28)21-10(5-6-11(18)24)15(27)22-14(9(3)23)17(29)20-7-12(25)26/h8-10,13-14,23H,4-7,19H2,1-3H3,(H2,18,24)(H,20,29)(H,21,28)(H,22,27)(H,25,26). The van der Waals surface area contributed by atoms with E-state index in [2.05, 4.69) is 10.6 Å². The number of primary amides is 1. The summed E-state index contributed by atoms with van der Waals surface area (Å²) in [5.74, 6) is -4.57. The van der Waals surface area contributed by atoms with E-state index in [4.69, 9.17) is 16.6 Å². The minimum absolute atomic E-state index is 0.149. The number of aliphatic hydroxyl groups is 1. The highest BCUT2D eigenvalue weighted by molar-refractivity contribution is 5.94. The number of amides is 4. The molecule has 0 aliphatic carbocycles. The normalized spacial score (nSPS) is 15.9. The van der Waals surface area contributed by atoms with Crippen LogP contribution in [0.3, 0.4) is 0 Å². The van der Waals surface area contributed by atoms with Crippen LogP contribution >= 0.6 is 0 Å². The molecule has 0 bridgehead atoms. The summed E-state index contributed by atoms with van der Waals surface area (Å²) in [6.07, 6.45) is -1.10. The third-order valence-corrected chi connectivity index (χ3v) is 4.35. The van der Waals surface area contributed by atoms with Gasteiger partial charge in [0.15, 0.2) is 0 Å². The quantitative estimate of drug-likeness (QED) is 0.165. The number of rotatable bonds is 13. The fourth-order valence-corrected chi connectivity index (χ4v) is 2.27. The number of hydrogen-bond acceptors (Lipinski definition) is 7. The number of carboxylic acid groups (broad SMARTS) is 1. The predicted octanol–water partition coefficient (Wildman–Crippen LogP) is -2.82. The smallest absolute Gasteiger partial charge is 0.322 e. The van der Waals surface area contributed by atoms with Crippen LogP contribution in [0, 0.1) is 5.92 Å². The summed E-state index contributed by atoms with van der Waals surface area (Å²) >= 11 is 0. The molecule has 0 fully saturated rings. The van der Waals surface area contributed by atoms with Gasteiger partial charge < -0.3 is 37.6 Å². The van der Waals surface area contributed by atoms with Crippen LogP contribution in [-0.2, 0) is 24.0 Å². The Kier molecular flexibility index (Phi) is 11.5. The van der Waals surface area contributed by atoms with Crippen LogP contribution in [0.1, 0.15) is 40.0 Å². The van der Waals surface area contributed by atoms with Gasteiger partial charge >= 0.3 is 5.97 Å². The summed E-state index contributed by atoms with van der Waals surface area (Å²) in [4.78, 5) is 58.6. The first-order chi connectivity index (χ1) is 13.4. The van der Waals surface area contributed by atoms with Gasteiger partial charge in [-0.2, -0.15) is 0 Å². The molecule has 0 aliphatic heterocycles. The van der Waals surface area contributed by atoms with Gasteiger partial charge in [-0.05, 0) is 19.3 Å². The molecule has 5 atom stereocenters. The van der Waals surface area contributed by atoms with Gasteiger partial charge in [-0.1, -0.05) is 20.3 Å². The Morgan fingerprint density at radius 1 is 1.00 bits per heavy atom.